The van der Waals surface area contributed by atoms with Crippen LogP contribution in [0.1, 0.15) is 27.7 Å². The van der Waals surface area contributed by atoms with E-state index in [1.54, 1.807) is 24.5 Å². The Hall–Kier alpha value is -2.88. The third-order valence-electron chi connectivity index (χ3n) is 4.34. The van der Waals surface area contributed by atoms with Crippen LogP contribution < -0.4 is 0 Å². The maximum atomic E-state index is 13.0. The fourth-order valence-corrected chi connectivity index (χ4v) is 3.25. The van der Waals surface area contributed by atoms with Gasteiger partial charge >= 0.3 is 0 Å². The zero-order valence-electron chi connectivity index (χ0n) is 12.7. The van der Waals surface area contributed by atoms with E-state index in [4.69, 9.17) is 0 Å². The quantitative estimate of drug-likeness (QED) is 0.729. The molecule has 0 saturated carbocycles. The summed E-state index contributed by atoms with van der Waals surface area (Å²) in [6.45, 7) is 1.52. The first-order valence-electron chi connectivity index (χ1n) is 7.75. The highest BCUT2D eigenvalue weighted by Crippen LogP contribution is 2.33. The van der Waals surface area contributed by atoms with Crippen LogP contribution in [0.25, 0.3) is 0 Å². The summed E-state index contributed by atoms with van der Waals surface area (Å²) < 4.78 is 2.23. The van der Waals surface area contributed by atoms with E-state index in [1.165, 1.54) is 0 Å². The fourth-order valence-electron chi connectivity index (χ4n) is 3.25. The molecule has 0 spiro atoms. The van der Waals surface area contributed by atoms with E-state index in [-0.39, 0.29) is 11.9 Å². The van der Waals surface area contributed by atoms with E-state index in [1.807, 2.05) is 29.2 Å². The molecule has 114 valence electrons. The van der Waals surface area contributed by atoms with Crippen LogP contribution in [0.2, 0.25) is 0 Å². The van der Waals surface area contributed by atoms with Crippen LogP contribution in [0.3, 0.4) is 0 Å². The Kier molecular flexibility index (Phi) is 3.42. The minimum atomic E-state index is -0.0550. The molecule has 1 aliphatic rings. The molecule has 23 heavy (non-hydrogen) atoms. The van der Waals surface area contributed by atoms with Gasteiger partial charge in [0.25, 0.3) is 5.91 Å². The van der Waals surface area contributed by atoms with Gasteiger partial charge in [0.05, 0.1) is 6.04 Å². The number of fused-ring (bicyclic) bond motifs is 1. The highest BCUT2D eigenvalue weighted by atomic mass is 16.2. The number of carbonyl (C=O) groups excluding carboxylic acids is 1. The number of nitrogens with zero attached hydrogens (tertiary/aromatic N) is 3. The number of aromatic nitrogens is 2. The van der Waals surface area contributed by atoms with Crippen molar-refractivity contribution in [2.45, 2.75) is 12.6 Å². The second kappa shape index (κ2) is 5.72. The van der Waals surface area contributed by atoms with Crippen molar-refractivity contribution in [1.82, 2.24) is 14.5 Å². The predicted octanol–water partition coefficient (Wildman–Crippen LogP) is 3.13. The number of hydrogen-bond acceptors (Lipinski definition) is 2. The summed E-state index contributed by atoms with van der Waals surface area (Å²) in [5.74, 6) is 0.0497. The molecule has 0 fully saturated rings. The molecule has 3 heterocycles. The summed E-state index contributed by atoms with van der Waals surface area (Å²) in [6.07, 6.45) is 5.41. The molecule has 4 nitrogen and oxygen atoms in total. The zero-order chi connectivity index (χ0) is 15.6. The van der Waals surface area contributed by atoms with Crippen molar-refractivity contribution in [2.24, 2.45) is 0 Å². The molecule has 4 heteroatoms. The summed E-state index contributed by atoms with van der Waals surface area (Å²) in [7, 11) is 0. The molecule has 0 bridgehead atoms. The number of benzene rings is 1. The molecule has 4 rings (SSSR count). The topological polar surface area (TPSA) is 38.1 Å². The van der Waals surface area contributed by atoms with Gasteiger partial charge < -0.3 is 9.47 Å². The normalized spacial score (nSPS) is 16.9. The van der Waals surface area contributed by atoms with E-state index in [2.05, 4.69) is 33.9 Å². The van der Waals surface area contributed by atoms with Gasteiger partial charge in [-0.05, 0) is 29.8 Å². The van der Waals surface area contributed by atoms with Gasteiger partial charge in [-0.3, -0.25) is 9.78 Å². The molecule has 0 radical (unpaired) electrons. The van der Waals surface area contributed by atoms with Crippen molar-refractivity contribution in [2.75, 3.05) is 6.54 Å². The third-order valence-corrected chi connectivity index (χ3v) is 4.34. The number of hydrogen-bond donors (Lipinski definition) is 0. The Balaban J connectivity index is 1.78. The van der Waals surface area contributed by atoms with Crippen LogP contribution in [-0.4, -0.2) is 26.9 Å². The van der Waals surface area contributed by atoms with Gasteiger partial charge in [0, 0.05) is 42.9 Å². The third kappa shape index (κ3) is 2.42. The number of pyridine rings is 1. The molecule has 3 aromatic rings. The molecule has 0 aliphatic carbocycles. The lowest BCUT2D eigenvalue weighted by Gasteiger charge is -2.37. The summed E-state index contributed by atoms with van der Waals surface area (Å²) >= 11 is 0. The van der Waals surface area contributed by atoms with Gasteiger partial charge in [0.1, 0.15) is 0 Å². The molecule has 1 aromatic carbocycles. The summed E-state index contributed by atoms with van der Waals surface area (Å²) in [6, 6.07) is 17.9. The maximum absolute atomic E-state index is 13.0. The maximum Gasteiger partial charge on any atom is 0.254 e. The minimum absolute atomic E-state index is 0.0497. The monoisotopic (exact) mass is 303 g/mol. The SMILES string of the molecule is O=C(c1ccncc1)N1CCn2cccc2C1c1ccccc1. The molecular weight excluding hydrogens is 286 g/mol. The Morgan fingerprint density at radius 1 is 0.957 bits per heavy atom. The number of rotatable bonds is 2. The van der Waals surface area contributed by atoms with E-state index in [0.29, 0.717) is 12.1 Å². The van der Waals surface area contributed by atoms with Crippen molar-refractivity contribution in [3.05, 3.63) is 90.0 Å². The van der Waals surface area contributed by atoms with E-state index < -0.39 is 0 Å². The molecule has 0 N–H and O–H groups in total. The molecule has 1 aliphatic heterocycles. The van der Waals surface area contributed by atoms with Crippen molar-refractivity contribution in [3.63, 3.8) is 0 Å². The average Bonchev–Trinajstić information content (AvgIpc) is 3.10. The largest absolute Gasteiger partial charge is 0.348 e. The Labute approximate surface area is 135 Å². The second-order valence-corrected chi connectivity index (χ2v) is 5.67. The molecule has 2 aromatic heterocycles. The average molecular weight is 303 g/mol. The Morgan fingerprint density at radius 3 is 2.52 bits per heavy atom. The summed E-state index contributed by atoms with van der Waals surface area (Å²) in [4.78, 5) is 19.0. The highest BCUT2D eigenvalue weighted by Gasteiger charge is 2.32. The summed E-state index contributed by atoms with van der Waals surface area (Å²) in [5.41, 5.74) is 2.97. The number of amides is 1. The lowest BCUT2D eigenvalue weighted by atomic mass is 9.99. The lowest BCUT2D eigenvalue weighted by Crippen LogP contribution is -2.42. The van der Waals surface area contributed by atoms with Crippen molar-refractivity contribution >= 4 is 5.91 Å². The van der Waals surface area contributed by atoms with E-state index in [0.717, 1.165) is 17.8 Å². The molecule has 1 unspecified atom stereocenters. The van der Waals surface area contributed by atoms with Gasteiger partial charge in [-0.15, -0.1) is 0 Å². The van der Waals surface area contributed by atoms with E-state index >= 15 is 0 Å². The smallest absolute Gasteiger partial charge is 0.254 e. The Bertz CT molecular complexity index is 811. The van der Waals surface area contributed by atoms with Gasteiger partial charge in [-0.2, -0.15) is 0 Å². The molecular formula is C19H17N3O. The minimum Gasteiger partial charge on any atom is -0.348 e. The highest BCUT2D eigenvalue weighted by molar-refractivity contribution is 5.94. The van der Waals surface area contributed by atoms with Crippen LogP contribution in [-0.2, 0) is 6.54 Å². The molecule has 1 amide bonds. The van der Waals surface area contributed by atoms with E-state index in [9.17, 15) is 4.79 Å². The van der Waals surface area contributed by atoms with Crippen molar-refractivity contribution in [1.29, 1.82) is 0 Å². The van der Waals surface area contributed by atoms with Gasteiger partial charge in [0.2, 0.25) is 0 Å². The second-order valence-electron chi connectivity index (χ2n) is 5.67. The number of carbonyl (C=O) groups is 1. The first-order valence-corrected chi connectivity index (χ1v) is 7.75. The van der Waals surface area contributed by atoms with Crippen molar-refractivity contribution in [3.8, 4) is 0 Å². The Morgan fingerprint density at radius 2 is 1.74 bits per heavy atom. The van der Waals surface area contributed by atoms with Crippen LogP contribution in [0, 0.1) is 0 Å². The van der Waals surface area contributed by atoms with Crippen LogP contribution in [0.4, 0.5) is 0 Å². The first kappa shape index (κ1) is 13.8. The van der Waals surface area contributed by atoms with Gasteiger partial charge in [0.15, 0.2) is 0 Å². The van der Waals surface area contributed by atoms with Crippen LogP contribution in [0.5, 0.6) is 0 Å². The van der Waals surface area contributed by atoms with Gasteiger partial charge in [-0.25, -0.2) is 0 Å². The van der Waals surface area contributed by atoms with Gasteiger partial charge in [-0.1, -0.05) is 30.3 Å². The van der Waals surface area contributed by atoms with Crippen LogP contribution in [0.15, 0.2) is 73.2 Å². The van der Waals surface area contributed by atoms with Crippen LogP contribution >= 0.6 is 0 Å². The zero-order valence-corrected chi connectivity index (χ0v) is 12.7. The molecule has 1 atom stereocenters. The predicted molar refractivity (Wildman–Crippen MR) is 88.0 cm³/mol. The standard InChI is InChI=1S/C19H17N3O/c23-19(16-8-10-20-11-9-16)22-14-13-21-12-4-7-17(21)18(22)15-5-2-1-3-6-15/h1-12,18H,13-14H2. The lowest BCUT2D eigenvalue weighted by molar-refractivity contribution is 0.0664. The fraction of sp³-hybridized carbons (Fsp3) is 0.158. The molecule has 0 saturated heterocycles. The summed E-state index contributed by atoms with van der Waals surface area (Å²) in [5, 5.41) is 0. The first-order chi connectivity index (χ1) is 11.3. The van der Waals surface area contributed by atoms with Crippen molar-refractivity contribution < 1.29 is 4.79 Å².